The summed E-state index contributed by atoms with van der Waals surface area (Å²) in [5, 5.41) is 11.8. The van der Waals surface area contributed by atoms with Crippen LogP contribution < -0.4 is 10.0 Å². The van der Waals surface area contributed by atoms with E-state index in [4.69, 9.17) is 9.84 Å². The number of nitrogens with one attached hydrogen (secondary N) is 2. The van der Waals surface area contributed by atoms with Crippen molar-refractivity contribution in [2.24, 2.45) is 0 Å². The fourth-order valence-electron chi connectivity index (χ4n) is 1.57. The lowest BCUT2D eigenvalue weighted by Gasteiger charge is -2.13. The monoisotopic (exact) mass is 302 g/mol. The van der Waals surface area contributed by atoms with E-state index in [1.54, 1.807) is 0 Å². The van der Waals surface area contributed by atoms with Crippen LogP contribution >= 0.6 is 0 Å². The van der Waals surface area contributed by atoms with E-state index in [9.17, 15) is 13.2 Å². The smallest absolute Gasteiger partial charge is 0.335 e. The molecule has 7 nitrogen and oxygen atoms in total. The lowest BCUT2D eigenvalue weighted by Crippen LogP contribution is -2.28. The Bertz CT molecular complexity index is 571. The van der Waals surface area contributed by atoms with Gasteiger partial charge in [-0.1, -0.05) is 0 Å². The summed E-state index contributed by atoms with van der Waals surface area (Å²) in [6.45, 7) is 2.68. The zero-order chi connectivity index (χ0) is 15.2. The number of ether oxygens (including phenoxy) is 1. The normalized spacial score (nSPS) is 11.3. The lowest BCUT2D eigenvalue weighted by atomic mass is 10.2. The van der Waals surface area contributed by atoms with Crippen LogP contribution in [0.25, 0.3) is 0 Å². The maximum atomic E-state index is 12.2. The van der Waals surface area contributed by atoms with Gasteiger partial charge in [-0.25, -0.2) is 17.9 Å². The van der Waals surface area contributed by atoms with Gasteiger partial charge in [0, 0.05) is 20.2 Å². The minimum Gasteiger partial charge on any atom is -0.478 e. The fraction of sp³-hybridized carbons (Fsp3) is 0.417. The van der Waals surface area contributed by atoms with E-state index < -0.39 is 16.0 Å². The summed E-state index contributed by atoms with van der Waals surface area (Å²) in [5.41, 5.74) is 0.279. The molecule has 1 rings (SSSR count). The number of benzene rings is 1. The fourth-order valence-corrected chi connectivity index (χ4v) is 2.79. The molecule has 0 unspecified atom stereocenters. The van der Waals surface area contributed by atoms with Gasteiger partial charge in [-0.2, -0.15) is 0 Å². The Morgan fingerprint density at radius 1 is 1.40 bits per heavy atom. The van der Waals surface area contributed by atoms with Crippen LogP contribution in [0.15, 0.2) is 23.1 Å². The van der Waals surface area contributed by atoms with Crippen LogP contribution in [0.4, 0.5) is 5.69 Å². The van der Waals surface area contributed by atoms with Crippen molar-refractivity contribution in [3.05, 3.63) is 23.8 Å². The van der Waals surface area contributed by atoms with E-state index in [1.165, 1.54) is 19.2 Å². The van der Waals surface area contributed by atoms with Crippen LogP contribution in [0.5, 0.6) is 0 Å². The molecule has 0 saturated heterocycles. The van der Waals surface area contributed by atoms with Gasteiger partial charge in [0.15, 0.2) is 0 Å². The standard InChI is InChI=1S/C12H18N2O5S/c1-3-13-10-5-4-9(12(15)16)8-11(10)20(17,18)14-6-7-19-2/h4-5,8,13-14H,3,6-7H2,1-2H3,(H,15,16). The van der Waals surface area contributed by atoms with Crippen molar-refractivity contribution < 1.29 is 23.1 Å². The maximum absolute atomic E-state index is 12.2. The summed E-state index contributed by atoms with van der Waals surface area (Å²) in [6.07, 6.45) is 0. The molecule has 0 heterocycles. The number of carboxylic acid groups (broad SMARTS) is 1. The van der Waals surface area contributed by atoms with Gasteiger partial charge in [0.25, 0.3) is 0 Å². The number of sulfonamides is 1. The number of carbonyl (C=O) groups is 1. The molecule has 1 aromatic carbocycles. The van der Waals surface area contributed by atoms with Crippen LogP contribution in [0.3, 0.4) is 0 Å². The van der Waals surface area contributed by atoms with Gasteiger partial charge in [-0.3, -0.25) is 0 Å². The summed E-state index contributed by atoms with van der Waals surface area (Å²) >= 11 is 0. The highest BCUT2D eigenvalue weighted by atomic mass is 32.2. The van der Waals surface area contributed by atoms with Crippen LogP contribution in [0.2, 0.25) is 0 Å². The van der Waals surface area contributed by atoms with Gasteiger partial charge in [-0.15, -0.1) is 0 Å². The first-order chi connectivity index (χ1) is 9.42. The van der Waals surface area contributed by atoms with Crippen molar-refractivity contribution in [3.63, 3.8) is 0 Å². The predicted octanol–water partition coefficient (Wildman–Crippen LogP) is 0.741. The van der Waals surface area contributed by atoms with E-state index in [2.05, 4.69) is 10.0 Å². The quantitative estimate of drug-likeness (QED) is 0.612. The third kappa shape index (κ3) is 4.19. The number of hydrogen-bond donors (Lipinski definition) is 3. The van der Waals surface area contributed by atoms with Gasteiger partial charge < -0.3 is 15.2 Å². The van der Waals surface area contributed by atoms with Crippen molar-refractivity contribution in [1.29, 1.82) is 0 Å². The molecule has 0 aliphatic heterocycles. The van der Waals surface area contributed by atoms with E-state index in [0.717, 1.165) is 6.07 Å². The zero-order valence-electron chi connectivity index (χ0n) is 11.3. The maximum Gasteiger partial charge on any atom is 0.335 e. The largest absolute Gasteiger partial charge is 0.478 e. The third-order valence-electron chi connectivity index (χ3n) is 2.48. The molecule has 3 N–H and O–H groups in total. The van der Waals surface area contributed by atoms with Gasteiger partial charge in [0.05, 0.1) is 17.9 Å². The molecule has 0 atom stereocenters. The molecule has 0 aromatic heterocycles. The molecule has 0 amide bonds. The molecule has 0 bridgehead atoms. The summed E-state index contributed by atoms with van der Waals surface area (Å²) in [6, 6.07) is 3.93. The molecule has 0 radical (unpaired) electrons. The van der Waals surface area contributed by atoms with E-state index >= 15 is 0 Å². The van der Waals surface area contributed by atoms with Crippen molar-refractivity contribution in [2.45, 2.75) is 11.8 Å². The van der Waals surface area contributed by atoms with E-state index in [0.29, 0.717) is 12.2 Å². The first-order valence-electron chi connectivity index (χ1n) is 6.02. The molecule has 20 heavy (non-hydrogen) atoms. The molecule has 0 fully saturated rings. The Balaban J connectivity index is 3.17. The van der Waals surface area contributed by atoms with E-state index in [-0.39, 0.29) is 23.6 Å². The molecule has 0 spiro atoms. The van der Waals surface area contributed by atoms with Crippen molar-refractivity contribution in [3.8, 4) is 0 Å². The first-order valence-corrected chi connectivity index (χ1v) is 7.50. The molecular formula is C12H18N2O5S. The Kier molecular flexibility index (Phi) is 5.93. The Morgan fingerprint density at radius 2 is 2.10 bits per heavy atom. The van der Waals surface area contributed by atoms with Crippen LogP contribution in [0, 0.1) is 0 Å². The van der Waals surface area contributed by atoms with Crippen LogP contribution in [-0.2, 0) is 14.8 Å². The summed E-state index contributed by atoms with van der Waals surface area (Å²) in [4.78, 5) is 10.9. The summed E-state index contributed by atoms with van der Waals surface area (Å²) in [5.74, 6) is -1.18. The zero-order valence-corrected chi connectivity index (χ0v) is 12.2. The molecule has 112 valence electrons. The molecule has 0 saturated carbocycles. The second-order valence-corrected chi connectivity index (χ2v) is 5.67. The number of aromatic carboxylic acids is 1. The summed E-state index contributed by atoms with van der Waals surface area (Å²) < 4.78 is 31.5. The molecule has 1 aromatic rings. The minimum absolute atomic E-state index is 0.0845. The van der Waals surface area contributed by atoms with Gasteiger partial charge in [-0.05, 0) is 25.1 Å². The lowest BCUT2D eigenvalue weighted by molar-refractivity contribution is 0.0696. The third-order valence-corrected chi connectivity index (χ3v) is 3.98. The molecule has 0 aliphatic rings. The average Bonchev–Trinajstić information content (AvgIpc) is 2.39. The highest BCUT2D eigenvalue weighted by Crippen LogP contribution is 2.22. The number of rotatable bonds is 8. The number of carboxylic acids is 1. The minimum atomic E-state index is -3.80. The highest BCUT2D eigenvalue weighted by Gasteiger charge is 2.20. The predicted molar refractivity (Wildman–Crippen MR) is 74.6 cm³/mol. The number of hydrogen-bond acceptors (Lipinski definition) is 5. The molecular weight excluding hydrogens is 284 g/mol. The van der Waals surface area contributed by atoms with Gasteiger partial charge in [0.1, 0.15) is 4.90 Å². The Hall–Kier alpha value is -1.64. The first kappa shape index (κ1) is 16.4. The van der Waals surface area contributed by atoms with Crippen LogP contribution in [-0.4, -0.2) is 46.3 Å². The second-order valence-electron chi connectivity index (χ2n) is 3.94. The molecule has 8 heteroatoms. The van der Waals surface area contributed by atoms with Gasteiger partial charge >= 0.3 is 5.97 Å². The van der Waals surface area contributed by atoms with E-state index in [1.807, 2.05) is 6.92 Å². The topological polar surface area (TPSA) is 105 Å². The Labute approximate surface area is 118 Å². The van der Waals surface area contributed by atoms with Crippen molar-refractivity contribution >= 4 is 21.7 Å². The summed E-state index contributed by atoms with van der Waals surface area (Å²) in [7, 11) is -2.34. The Morgan fingerprint density at radius 3 is 2.65 bits per heavy atom. The number of anilines is 1. The van der Waals surface area contributed by atoms with Crippen molar-refractivity contribution in [2.75, 3.05) is 32.1 Å². The second kappa shape index (κ2) is 7.22. The van der Waals surface area contributed by atoms with Gasteiger partial charge in [0.2, 0.25) is 10.0 Å². The average molecular weight is 302 g/mol. The number of methoxy groups -OCH3 is 1. The SMILES string of the molecule is CCNc1ccc(C(=O)O)cc1S(=O)(=O)NCCOC. The highest BCUT2D eigenvalue weighted by molar-refractivity contribution is 7.89. The molecule has 0 aliphatic carbocycles. The van der Waals surface area contributed by atoms with Crippen LogP contribution in [0.1, 0.15) is 17.3 Å². The van der Waals surface area contributed by atoms with Crippen molar-refractivity contribution in [1.82, 2.24) is 4.72 Å².